The van der Waals surface area contributed by atoms with Gasteiger partial charge in [-0.05, 0) is 41.8 Å². The molecule has 0 aliphatic carbocycles. The summed E-state index contributed by atoms with van der Waals surface area (Å²) in [5.74, 6) is 2.05. The number of rotatable bonds is 5. The molecule has 5 nitrogen and oxygen atoms in total. The molecule has 0 saturated heterocycles. The normalized spacial score (nSPS) is 19.7. The number of hydrogen-bond acceptors (Lipinski definition) is 4. The largest absolute Gasteiger partial charge is 0.491 e. The molecule has 0 N–H and O–H groups in total. The lowest BCUT2D eigenvalue weighted by Crippen LogP contribution is -2.43. The molecule has 6 rings (SSSR count). The summed E-state index contributed by atoms with van der Waals surface area (Å²) in [6.45, 7) is 3.29. The van der Waals surface area contributed by atoms with E-state index in [1.54, 1.807) is 0 Å². The number of carbonyl (C=O) groups excluding carboxylic acids is 1. The van der Waals surface area contributed by atoms with Crippen molar-refractivity contribution in [2.75, 3.05) is 24.8 Å². The van der Waals surface area contributed by atoms with Crippen LogP contribution in [0.25, 0.3) is 11.1 Å². The number of nitrogens with zero attached hydrogens (tertiary/aromatic N) is 1. The van der Waals surface area contributed by atoms with Gasteiger partial charge in [-0.3, -0.25) is 4.79 Å². The Morgan fingerprint density at radius 1 is 0.970 bits per heavy atom. The highest BCUT2D eigenvalue weighted by Gasteiger charge is 2.58. The summed E-state index contributed by atoms with van der Waals surface area (Å²) in [6.07, 6.45) is 3.13. The van der Waals surface area contributed by atoms with Crippen molar-refractivity contribution in [2.24, 2.45) is 0 Å². The van der Waals surface area contributed by atoms with Crippen LogP contribution in [0, 0.1) is 0 Å². The minimum atomic E-state index is -0.923. The van der Waals surface area contributed by atoms with Crippen molar-refractivity contribution in [1.82, 2.24) is 0 Å². The van der Waals surface area contributed by atoms with Gasteiger partial charge < -0.3 is 19.1 Å². The number of fused-ring (bicyclic) bond motifs is 5. The van der Waals surface area contributed by atoms with Gasteiger partial charge in [0.05, 0.1) is 0 Å². The van der Waals surface area contributed by atoms with E-state index in [1.165, 1.54) is 0 Å². The monoisotopic (exact) mass is 461 g/mol. The van der Waals surface area contributed by atoms with Gasteiger partial charge in [0.1, 0.15) is 17.8 Å². The zero-order valence-electron chi connectivity index (χ0n) is 18.4. The summed E-state index contributed by atoms with van der Waals surface area (Å²) in [6, 6.07) is 17.7. The van der Waals surface area contributed by atoms with Crippen LogP contribution in [-0.2, 0) is 10.2 Å². The van der Waals surface area contributed by atoms with Crippen molar-refractivity contribution in [3.63, 3.8) is 0 Å². The predicted octanol–water partition coefficient (Wildman–Crippen LogP) is 5.95. The average molecular weight is 462 g/mol. The molecule has 1 amide bonds. The Bertz CT molecular complexity index is 1260. The Labute approximate surface area is 197 Å². The van der Waals surface area contributed by atoms with Crippen LogP contribution in [0.2, 0.25) is 5.02 Å². The molecule has 0 aromatic heterocycles. The van der Waals surface area contributed by atoms with E-state index in [9.17, 15) is 4.79 Å². The number of benzene rings is 3. The topological polar surface area (TPSA) is 48.0 Å². The van der Waals surface area contributed by atoms with E-state index in [0.717, 1.165) is 47.2 Å². The van der Waals surface area contributed by atoms with Gasteiger partial charge in [0.15, 0.2) is 11.5 Å². The van der Waals surface area contributed by atoms with Crippen molar-refractivity contribution in [1.29, 1.82) is 0 Å². The van der Waals surface area contributed by atoms with Crippen molar-refractivity contribution >= 4 is 23.2 Å². The fourth-order valence-electron chi connectivity index (χ4n) is 5.30. The van der Waals surface area contributed by atoms with Crippen LogP contribution in [0.4, 0.5) is 5.69 Å². The summed E-state index contributed by atoms with van der Waals surface area (Å²) < 4.78 is 17.4. The first kappa shape index (κ1) is 20.4. The van der Waals surface area contributed by atoms with Crippen LogP contribution in [0.3, 0.4) is 0 Å². The SMILES string of the molecule is CCCCCN1C(=O)C2(COc3cc4c(cc32)OCO4)c2c(-c3ccc(Cl)cc3)cccc21. The number of unbranched alkanes of at least 4 members (excludes halogenated alkanes) is 2. The molecular weight excluding hydrogens is 438 g/mol. The molecule has 168 valence electrons. The number of hydrogen-bond donors (Lipinski definition) is 0. The highest BCUT2D eigenvalue weighted by Crippen LogP contribution is 2.57. The van der Waals surface area contributed by atoms with E-state index in [1.807, 2.05) is 47.4 Å². The molecule has 3 aliphatic heterocycles. The highest BCUT2D eigenvalue weighted by atomic mass is 35.5. The summed E-state index contributed by atoms with van der Waals surface area (Å²) in [5, 5.41) is 0.681. The zero-order valence-corrected chi connectivity index (χ0v) is 19.2. The first-order chi connectivity index (χ1) is 16.1. The maximum absolute atomic E-state index is 14.2. The number of anilines is 1. The van der Waals surface area contributed by atoms with Gasteiger partial charge in [-0.1, -0.05) is 55.6 Å². The Balaban J connectivity index is 1.58. The maximum atomic E-state index is 14.2. The second-order valence-corrected chi connectivity index (χ2v) is 9.20. The van der Waals surface area contributed by atoms with Gasteiger partial charge in [-0.15, -0.1) is 0 Å². The van der Waals surface area contributed by atoms with Gasteiger partial charge >= 0.3 is 0 Å². The molecule has 0 fully saturated rings. The van der Waals surface area contributed by atoms with Gasteiger partial charge in [0, 0.05) is 34.4 Å². The molecule has 0 radical (unpaired) electrons. The third kappa shape index (κ3) is 2.95. The summed E-state index contributed by atoms with van der Waals surface area (Å²) in [7, 11) is 0. The molecule has 1 spiro atoms. The second kappa shape index (κ2) is 7.70. The van der Waals surface area contributed by atoms with Crippen molar-refractivity contribution in [2.45, 2.75) is 31.6 Å². The number of amides is 1. The van der Waals surface area contributed by atoms with Crippen LogP contribution < -0.4 is 19.1 Å². The third-order valence-electron chi connectivity index (χ3n) is 6.89. The molecule has 33 heavy (non-hydrogen) atoms. The standard InChI is InChI=1S/C27H24ClNO4/c1-2-3-4-12-29-21-7-5-6-19(17-8-10-18(28)11-9-17)25(21)27(26(29)30)15-31-22-14-24-23(13-20(22)27)32-16-33-24/h5-11,13-14H,2-4,12,15-16H2,1H3. The van der Waals surface area contributed by atoms with E-state index in [2.05, 4.69) is 19.1 Å². The first-order valence-corrected chi connectivity index (χ1v) is 11.8. The number of ether oxygens (including phenoxy) is 3. The zero-order chi connectivity index (χ0) is 22.6. The smallest absolute Gasteiger partial charge is 0.245 e. The molecule has 0 saturated carbocycles. The fourth-order valence-corrected chi connectivity index (χ4v) is 5.42. The van der Waals surface area contributed by atoms with Crippen molar-refractivity contribution in [3.05, 3.63) is 70.7 Å². The average Bonchev–Trinajstić information content (AvgIpc) is 3.50. The Morgan fingerprint density at radius 3 is 2.55 bits per heavy atom. The lowest BCUT2D eigenvalue weighted by Gasteiger charge is -2.24. The molecule has 1 unspecified atom stereocenters. The molecule has 6 heteroatoms. The van der Waals surface area contributed by atoms with E-state index in [4.69, 9.17) is 25.8 Å². The molecule has 3 aliphatic rings. The van der Waals surface area contributed by atoms with E-state index < -0.39 is 5.41 Å². The van der Waals surface area contributed by atoms with Gasteiger partial charge in [0.2, 0.25) is 12.7 Å². The lowest BCUT2D eigenvalue weighted by molar-refractivity contribution is -0.122. The lowest BCUT2D eigenvalue weighted by atomic mass is 9.74. The molecule has 0 bridgehead atoms. The Hall–Kier alpha value is -3.18. The van der Waals surface area contributed by atoms with Gasteiger partial charge in [0.25, 0.3) is 0 Å². The van der Waals surface area contributed by atoms with Gasteiger partial charge in [-0.2, -0.15) is 0 Å². The molecule has 3 heterocycles. The molecular formula is C27H24ClNO4. The summed E-state index contributed by atoms with van der Waals surface area (Å²) in [5.41, 5.74) is 3.91. The fraction of sp³-hybridized carbons (Fsp3) is 0.296. The quantitative estimate of drug-likeness (QED) is 0.440. The van der Waals surface area contributed by atoms with Crippen LogP contribution in [-0.4, -0.2) is 25.9 Å². The number of halogens is 1. The molecule has 3 aromatic carbocycles. The van der Waals surface area contributed by atoms with Crippen LogP contribution in [0.15, 0.2) is 54.6 Å². The highest BCUT2D eigenvalue weighted by molar-refractivity contribution is 6.30. The molecule has 3 aromatic rings. The summed E-state index contributed by atoms with van der Waals surface area (Å²) >= 11 is 6.17. The van der Waals surface area contributed by atoms with E-state index >= 15 is 0 Å². The third-order valence-corrected chi connectivity index (χ3v) is 7.14. The minimum Gasteiger partial charge on any atom is -0.491 e. The minimum absolute atomic E-state index is 0.0626. The second-order valence-electron chi connectivity index (χ2n) is 8.77. The first-order valence-electron chi connectivity index (χ1n) is 11.4. The van der Waals surface area contributed by atoms with Crippen molar-refractivity contribution < 1.29 is 19.0 Å². The van der Waals surface area contributed by atoms with Crippen LogP contribution in [0.1, 0.15) is 37.3 Å². The number of carbonyl (C=O) groups is 1. The Kier molecular flexibility index (Phi) is 4.77. The van der Waals surface area contributed by atoms with Crippen LogP contribution in [0.5, 0.6) is 17.2 Å². The summed E-state index contributed by atoms with van der Waals surface area (Å²) in [4.78, 5) is 16.2. The van der Waals surface area contributed by atoms with E-state index in [-0.39, 0.29) is 19.3 Å². The molecule has 1 atom stereocenters. The predicted molar refractivity (Wildman–Crippen MR) is 128 cm³/mol. The van der Waals surface area contributed by atoms with Crippen molar-refractivity contribution in [3.8, 4) is 28.4 Å². The van der Waals surface area contributed by atoms with Gasteiger partial charge in [-0.25, -0.2) is 0 Å². The van der Waals surface area contributed by atoms with E-state index in [0.29, 0.717) is 28.8 Å². The maximum Gasteiger partial charge on any atom is 0.245 e. The Morgan fingerprint density at radius 2 is 1.76 bits per heavy atom. The van der Waals surface area contributed by atoms with Crippen LogP contribution >= 0.6 is 11.6 Å².